The fourth-order valence-corrected chi connectivity index (χ4v) is 2.35. The lowest BCUT2D eigenvalue weighted by atomic mass is 10.4. The molecule has 0 aliphatic heterocycles. The van der Waals surface area contributed by atoms with Gasteiger partial charge < -0.3 is 10.3 Å². The van der Waals surface area contributed by atoms with Gasteiger partial charge in [-0.05, 0) is 26.3 Å². The normalized spacial score (nSPS) is 11.3. The van der Waals surface area contributed by atoms with E-state index in [-0.39, 0.29) is 11.2 Å². The molecule has 0 radical (unpaired) electrons. The maximum absolute atomic E-state index is 12.5. The molecule has 0 unspecified atom stereocenters. The van der Waals surface area contributed by atoms with Gasteiger partial charge in [0, 0.05) is 19.6 Å². The van der Waals surface area contributed by atoms with E-state index < -0.39 is 0 Å². The number of imidazole rings is 1. The van der Waals surface area contributed by atoms with Gasteiger partial charge in [-0.25, -0.2) is 9.78 Å². The van der Waals surface area contributed by atoms with Gasteiger partial charge in [-0.3, -0.25) is 13.9 Å². The van der Waals surface area contributed by atoms with Crippen LogP contribution in [0.5, 0.6) is 0 Å². The van der Waals surface area contributed by atoms with Gasteiger partial charge in [0.05, 0.1) is 6.33 Å². The third-order valence-electron chi connectivity index (χ3n) is 3.36. The quantitative estimate of drug-likeness (QED) is 0.814. The fraction of sp³-hybridized carbons (Fsp3) is 0.615. The van der Waals surface area contributed by atoms with Crippen LogP contribution in [0.25, 0.3) is 11.2 Å². The van der Waals surface area contributed by atoms with Crippen LogP contribution in [-0.2, 0) is 19.6 Å². The van der Waals surface area contributed by atoms with Crippen molar-refractivity contribution in [2.75, 3.05) is 6.54 Å². The van der Waals surface area contributed by atoms with Crippen molar-refractivity contribution in [1.82, 2.24) is 18.7 Å². The maximum atomic E-state index is 12.5. The molecule has 2 aromatic heterocycles. The van der Waals surface area contributed by atoms with E-state index in [1.807, 2.05) is 13.8 Å². The number of hydrogen-bond acceptors (Lipinski definition) is 4. The van der Waals surface area contributed by atoms with Crippen molar-refractivity contribution in [1.29, 1.82) is 0 Å². The summed E-state index contributed by atoms with van der Waals surface area (Å²) in [6.45, 7) is 5.93. The zero-order chi connectivity index (χ0) is 14.7. The third kappa shape index (κ3) is 2.29. The van der Waals surface area contributed by atoms with Crippen molar-refractivity contribution in [3.8, 4) is 0 Å². The Morgan fingerprint density at radius 3 is 2.55 bits per heavy atom. The van der Waals surface area contributed by atoms with Crippen molar-refractivity contribution in [3.63, 3.8) is 0 Å². The molecule has 0 fully saturated rings. The molecule has 0 aliphatic rings. The molecular weight excluding hydrogens is 258 g/mol. The summed E-state index contributed by atoms with van der Waals surface area (Å²) in [6.07, 6.45) is 3.03. The average molecular weight is 279 g/mol. The molecule has 0 bridgehead atoms. The van der Waals surface area contributed by atoms with E-state index in [0.717, 1.165) is 6.42 Å². The van der Waals surface area contributed by atoms with Gasteiger partial charge in [-0.1, -0.05) is 6.92 Å². The standard InChI is InChI=1S/C13H21N5O2/c1-3-7-17-11-10(16(4-2)9-15-11)12(19)18(13(17)20)8-5-6-14/h9H,3-8,14H2,1-2H3. The number of aryl methyl sites for hydroxylation is 2. The summed E-state index contributed by atoms with van der Waals surface area (Å²) in [4.78, 5) is 29.2. The smallest absolute Gasteiger partial charge is 0.330 e. The molecule has 0 amide bonds. The van der Waals surface area contributed by atoms with Crippen LogP contribution < -0.4 is 17.0 Å². The monoisotopic (exact) mass is 279 g/mol. The van der Waals surface area contributed by atoms with Crippen LogP contribution in [0, 0.1) is 0 Å². The van der Waals surface area contributed by atoms with Crippen LogP contribution in [0.4, 0.5) is 0 Å². The van der Waals surface area contributed by atoms with Gasteiger partial charge in [0.15, 0.2) is 11.2 Å². The number of nitrogens with two attached hydrogens (primary N) is 1. The van der Waals surface area contributed by atoms with E-state index in [0.29, 0.717) is 43.8 Å². The van der Waals surface area contributed by atoms with Crippen molar-refractivity contribution in [2.24, 2.45) is 5.73 Å². The number of nitrogens with zero attached hydrogens (tertiary/aromatic N) is 4. The van der Waals surface area contributed by atoms with Crippen LogP contribution in [0.1, 0.15) is 26.7 Å². The highest BCUT2D eigenvalue weighted by Gasteiger charge is 2.16. The molecule has 7 nitrogen and oxygen atoms in total. The second-order valence-electron chi connectivity index (χ2n) is 4.74. The number of aromatic nitrogens is 4. The van der Waals surface area contributed by atoms with E-state index >= 15 is 0 Å². The molecule has 0 atom stereocenters. The molecule has 2 aromatic rings. The van der Waals surface area contributed by atoms with Crippen LogP contribution in [0.15, 0.2) is 15.9 Å². The SMILES string of the molecule is CCCn1c(=O)n(CCCN)c(=O)c2c1ncn2CC. The Hall–Kier alpha value is -1.89. The van der Waals surface area contributed by atoms with E-state index in [9.17, 15) is 9.59 Å². The summed E-state index contributed by atoms with van der Waals surface area (Å²) in [5, 5.41) is 0. The molecule has 2 heterocycles. The van der Waals surface area contributed by atoms with Gasteiger partial charge in [0.1, 0.15) is 0 Å². The number of rotatable bonds is 6. The zero-order valence-corrected chi connectivity index (χ0v) is 12.0. The largest absolute Gasteiger partial charge is 0.332 e. The Balaban J connectivity index is 2.78. The van der Waals surface area contributed by atoms with Crippen LogP contribution in [0.2, 0.25) is 0 Å². The first kappa shape index (κ1) is 14.5. The van der Waals surface area contributed by atoms with Gasteiger partial charge in [0.25, 0.3) is 5.56 Å². The molecule has 20 heavy (non-hydrogen) atoms. The second kappa shape index (κ2) is 6.04. The Kier molecular flexibility index (Phi) is 4.39. The first-order chi connectivity index (χ1) is 9.65. The summed E-state index contributed by atoms with van der Waals surface area (Å²) < 4.78 is 4.64. The van der Waals surface area contributed by atoms with Crippen molar-refractivity contribution in [2.45, 2.75) is 46.3 Å². The Bertz CT molecular complexity index is 710. The Labute approximate surface area is 116 Å². The van der Waals surface area contributed by atoms with E-state index in [1.54, 1.807) is 15.5 Å². The predicted octanol–water partition coefficient (Wildman–Crippen LogP) is 0.138. The summed E-state index contributed by atoms with van der Waals surface area (Å²) >= 11 is 0. The Morgan fingerprint density at radius 1 is 1.20 bits per heavy atom. The minimum atomic E-state index is -0.292. The minimum absolute atomic E-state index is 0.273. The molecule has 2 rings (SSSR count). The molecule has 0 aromatic carbocycles. The molecule has 0 saturated carbocycles. The van der Waals surface area contributed by atoms with E-state index in [2.05, 4.69) is 4.98 Å². The Morgan fingerprint density at radius 2 is 1.95 bits per heavy atom. The first-order valence-electron chi connectivity index (χ1n) is 7.04. The molecule has 0 saturated heterocycles. The van der Waals surface area contributed by atoms with Crippen molar-refractivity contribution >= 4 is 11.2 Å². The molecule has 0 spiro atoms. The summed E-state index contributed by atoms with van der Waals surface area (Å²) in [5.41, 5.74) is 5.89. The first-order valence-corrected chi connectivity index (χ1v) is 7.04. The average Bonchev–Trinajstić information content (AvgIpc) is 2.87. The number of fused-ring (bicyclic) bond motifs is 1. The minimum Gasteiger partial charge on any atom is -0.330 e. The highest BCUT2D eigenvalue weighted by atomic mass is 16.2. The van der Waals surface area contributed by atoms with Gasteiger partial charge in [-0.15, -0.1) is 0 Å². The summed E-state index contributed by atoms with van der Waals surface area (Å²) in [6, 6.07) is 0. The third-order valence-corrected chi connectivity index (χ3v) is 3.36. The predicted molar refractivity (Wildman–Crippen MR) is 77.9 cm³/mol. The van der Waals surface area contributed by atoms with Crippen LogP contribution >= 0.6 is 0 Å². The van der Waals surface area contributed by atoms with Gasteiger partial charge >= 0.3 is 5.69 Å². The molecule has 7 heteroatoms. The molecule has 0 aliphatic carbocycles. The van der Waals surface area contributed by atoms with E-state index in [4.69, 9.17) is 5.73 Å². The topological polar surface area (TPSA) is 87.8 Å². The molecule has 110 valence electrons. The molecular formula is C13H21N5O2. The van der Waals surface area contributed by atoms with Crippen LogP contribution in [0.3, 0.4) is 0 Å². The maximum Gasteiger partial charge on any atom is 0.332 e. The lowest BCUT2D eigenvalue weighted by Gasteiger charge is -2.11. The van der Waals surface area contributed by atoms with Crippen molar-refractivity contribution < 1.29 is 0 Å². The highest BCUT2D eigenvalue weighted by molar-refractivity contribution is 5.70. The van der Waals surface area contributed by atoms with Crippen LogP contribution in [-0.4, -0.2) is 25.2 Å². The lowest BCUT2D eigenvalue weighted by Crippen LogP contribution is -2.41. The van der Waals surface area contributed by atoms with Gasteiger partial charge in [0.2, 0.25) is 0 Å². The molecule has 2 N–H and O–H groups in total. The van der Waals surface area contributed by atoms with E-state index in [1.165, 1.54) is 4.57 Å². The second-order valence-corrected chi connectivity index (χ2v) is 4.74. The summed E-state index contributed by atoms with van der Waals surface area (Å²) in [7, 11) is 0. The fourth-order valence-electron chi connectivity index (χ4n) is 2.35. The highest BCUT2D eigenvalue weighted by Crippen LogP contribution is 2.07. The lowest BCUT2D eigenvalue weighted by molar-refractivity contribution is 0.545. The van der Waals surface area contributed by atoms with Gasteiger partial charge in [-0.2, -0.15) is 0 Å². The summed E-state index contributed by atoms with van der Waals surface area (Å²) in [5.74, 6) is 0. The van der Waals surface area contributed by atoms with Crippen molar-refractivity contribution in [3.05, 3.63) is 27.2 Å². The number of hydrogen-bond donors (Lipinski definition) is 1. The zero-order valence-electron chi connectivity index (χ0n) is 12.0.